The Kier molecular flexibility index (Phi) is 5.36. The first-order chi connectivity index (χ1) is 11.2. The maximum Gasteiger partial charge on any atom is 0.133 e. The number of benzene rings is 1. The average Bonchev–Trinajstić information content (AvgIpc) is 3.00. The Labute approximate surface area is 138 Å². The number of furan rings is 1. The average molecular weight is 316 g/mol. The predicted octanol–water partition coefficient (Wildman–Crippen LogP) is 2.96. The van der Waals surface area contributed by atoms with Crippen molar-refractivity contribution >= 4 is 11.0 Å². The first kappa shape index (κ1) is 16.5. The molecule has 2 atom stereocenters. The second-order valence-electron chi connectivity index (χ2n) is 6.97. The van der Waals surface area contributed by atoms with Gasteiger partial charge in [-0.3, -0.25) is 4.90 Å². The summed E-state index contributed by atoms with van der Waals surface area (Å²) in [5, 5.41) is 10.3. The molecule has 2 heterocycles. The van der Waals surface area contributed by atoms with E-state index in [0.717, 1.165) is 38.1 Å². The van der Waals surface area contributed by atoms with Crippen molar-refractivity contribution in [3.8, 4) is 0 Å². The van der Waals surface area contributed by atoms with E-state index in [-0.39, 0.29) is 0 Å². The summed E-state index contributed by atoms with van der Waals surface area (Å²) in [5.41, 5.74) is 2.31. The highest BCUT2D eigenvalue weighted by Crippen LogP contribution is 2.26. The zero-order valence-corrected chi connectivity index (χ0v) is 14.2. The Hall–Kier alpha value is -1.36. The van der Waals surface area contributed by atoms with Crippen molar-refractivity contribution in [2.24, 2.45) is 5.92 Å². The summed E-state index contributed by atoms with van der Waals surface area (Å²) in [5.74, 6) is 0.642. The Balaban J connectivity index is 1.65. The highest BCUT2D eigenvalue weighted by molar-refractivity contribution is 5.77. The summed E-state index contributed by atoms with van der Waals surface area (Å²) in [4.78, 5) is 4.92. The van der Waals surface area contributed by atoms with Crippen molar-refractivity contribution < 1.29 is 9.52 Å². The number of fused-ring (bicyclic) bond motifs is 1. The van der Waals surface area contributed by atoms with Crippen LogP contribution in [0.5, 0.6) is 0 Å². The minimum atomic E-state index is 0.299. The zero-order valence-electron chi connectivity index (χ0n) is 14.2. The van der Waals surface area contributed by atoms with Crippen LogP contribution in [0.25, 0.3) is 11.0 Å². The minimum absolute atomic E-state index is 0.299. The number of aliphatic hydroxyl groups is 1. The van der Waals surface area contributed by atoms with Crippen LogP contribution in [0.15, 0.2) is 34.9 Å². The van der Waals surface area contributed by atoms with Gasteiger partial charge >= 0.3 is 0 Å². The predicted molar refractivity (Wildman–Crippen MR) is 93.4 cm³/mol. The van der Waals surface area contributed by atoms with Gasteiger partial charge in [-0.25, -0.2) is 0 Å². The number of likely N-dealkylation sites (tertiary alicyclic amines) is 1. The van der Waals surface area contributed by atoms with Gasteiger partial charge in [0.1, 0.15) is 5.58 Å². The monoisotopic (exact) mass is 316 g/mol. The molecule has 0 radical (unpaired) electrons. The second kappa shape index (κ2) is 7.47. The molecule has 0 saturated carbocycles. The molecule has 4 heteroatoms. The smallest absolute Gasteiger partial charge is 0.133 e. The highest BCUT2D eigenvalue weighted by Gasteiger charge is 2.30. The molecule has 23 heavy (non-hydrogen) atoms. The molecule has 0 bridgehead atoms. The van der Waals surface area contributed by atoms with Crippen LogP contribution < -0.4 is 0 Å². The molecule has 1 aromatic carbocycles. The van der Waals surface area contributed by atoms with Crippen LogP contribution in [0.4, 0.5) is 0 Å². The van der Waals surface area contributed by atoms with Gasteiger partial charge in [-0.15, -0.1) is 0 Å². The van der Waals surface area contributed by atoms with Crippen molar-refractivity contribution in [3.63, 3.8) is 0 Å². The van der Waals surface area contributed by atoms with E-state index in [4.69, 9.17) is 9.52 Å². The standard InChI is InChI=1S/C19H28N2O2/c1-20(2)18-7-9-21(14-17(18)4-3-10-22)13-15-5-6-19-16(12-15)8-11-23-19/h5-6,8,11-12,17-18,22H,3-4,7,9-10,13-14H2,1-2H3/t17-,18+/m0/s1. The Morgan fingerprint density at radius 3 is 2.96 bits per heavy atom. The number of rotatable bonds is 6. The maximum absolute atomic E-state index is 9.17. The van der Waals surface area contributed by atoms with E-state index in [1.54, 1.807) is 6.26 Å². The van der Waals surface area contributed by atoms with Crippen LogP contribution >= 0.6 is 0 Å². The van der Waals surface area contributed by atoms with Crippen molar-refractivity contribution in [1.82, 2.24) is 9.80 Å². The molecule has 126 valence electrons. The summed E-state index contributed by atoms with van der Waals surface area (Å²) in [6.45, 7) is 3.55. The molecule has 4 nitrogen and oxygen atoms in total. The van der Waals surface area contributed by atoms with Crippen LogP contribution in [0.3, 0.4) is 0 Å². The fraction of sp³-hybridized carbons (Fsp3) is 0.579. The van der Waals surface area contributed by atoms with E-state index >= 15 is 0 Å². The molecular formula is C19H28N2O2. The summed E-state index contributed by atoms with van der Waals surface area (Å²) < 4.78 is 5.42. The molecule has 1 aliphatic heterocycles. The topological polar surface area (TPSA) is 39.9 Å². The third kappa shape index (κ3) is 3.94. The van der Waals surface area contributed by atoms with E-state index in [1.807, 2.05) is 6.07 Å². The zero-order chi connectivity index (χ0) is 16.2. The molecule has 2 aromatic rings. The van der Waals surface area contributed by atoms with Gasteiger partial charge in [0, 0.05) is 31.1 Å². The van der Waals surface area contributed by atoms with Gasteiger partial charge in [-0.2, -0.15) is 0 Å². The first-order valence-corrected chi connectivity index (χ1v) is 8.63. The Morgan fingerprint density at radius 1 is 1.30 bits per heavy atom. The third-order valence-corrected chi connectivity index (χ3v) is 5.10. The van der Waals surface area contributed by atoms with Crippen molar-refractivity contribution in [2.75, 3.05) is 33.8 Å². The van der Waals surface area contributed by atoms with Crippen LogP contribution in [-0.4, -0.2) is 54.7 Å². The molecule has 1 aromatic heterocycles. The molecule has 0 spiro atoms. The largest absolute Gasteiger partial charge is 0.464 e. The van der Waals surface area contributed by atoms with Gasteiger partial charge in [0.25, 0.3) is 0 Å². The number of piperidine rings is 1. The number of aliphatic hydroxyl groups excluding tert-OH is 1. The normalized spacial score (nSPS) is 23.0. The Morgan fingerprint density at radius 2 is 2.17 bits per heavy atom. The van der Waals surface area contributed by atoms with Crippen LogP contribution in [0.2, 0.25) is 0 Å². The van der Waals surface area contributed by atoms with Gasteiger partial charge in [0.15, 0.2) is 0 Å². The van der Waals surface area contributed by atoms with Crippen molar-refractivity contribution in [3.05, 3.63) is 36.1 Å². The lowest BCUT2D eigenvalue weighted by Crippen LogP contribution is -2.48. The van der Waals surface area contributed by atoms with E-state index in [2.05, 4.69) is 42.1 Å². The molecule has 0 aliphatic carbocycles. The van der Waals surface area contributed by atoms with E-state index in [9.17, 15) is 0 Å². The summed E-state index contributed by atoms with van der Waals surface area (Å²) in [6.07, 6.45) is 4.97. The highest BCUT2D eigenvalue weighted by atomic mass is 16.3. The van der Waals surface area contributed by atoms with Gasteiger partial charge < -0.3 is 14.4 Å². The first-order valence-electron chi connectivity index (χ1n) is 8.63. The van der Waals surface area contributed by atoms with E-state index in [1.165, 1.54) is 17.4 Å². The maximum atomic E-state index is 9.17. The van der Waals surface area contributed by atoms with Crippen molar-refractivity contribution in [1.29, 1.82) is 0 Å². The molecule has 0 unspecified atom stereocenters. The van der Waals surface area contributed by atoms with Gasteiger partial charge in [0.2, 0.25) is 0 Å². The van der Waals surface area contributed by atoms with E-state index in [0.29, 0.717) is 18.6 Å². The molecule has 1 fully saturated rings. The number of hydrogen-bond donors (Lipinski definition) is 1. The number of nitrogens with zero attached hydrogens (tertiary/aromatic N) is 2. The lowest BCUT2D eigenvalue weighted by Gasteiger charge is -2.41. The summed E-state index contributed by atoms with van der Waals surface area (Å²) in [6, 6.07) is 9.14. The van der Waals surface area contributed by atoms with Crippen LogP contribution in [0.1, 0.15) is 24.8 Å². The molecule has 1 saturated heterocycles. The second-order valence-corrected chi connectivity index (χ2v) is 6.97. The SMILES string of the molecule is CN(C)[C@@H]1CCN(Cc2ccc3occc3c2)C[C@@H]1CCCO. The molecule has 3 rings (SSSR count). The van der Waals surface area contributed by atoms with Crippen LogP contribution in [-0.2, 0) is 6.54 Å². The van der Waals surface area contributed by atoms with Gasteiger partial charge in [0.05, 0.1) is 6.26 Å². The Bertz CT molecular complexity index is 623. The van der Waals surface area contributed by atoms with E-state index < -0.39 is 0 Å². The molecule has 0 amide bonds. The molecule has 1 aliphatic rings. The fourth-order valence-electron chi connectivity index (χ4n) is 3.93. The molecule has 1 N–H and O–H groups in total. The fourth-order valence-corrected chi connectivity index (χ4v) is 3.93. The quantitative estimate of drug-likeness (QED) is 0.889. The van der Waals surface area contributed by atoms with Crippen molar-refractivity contribution in [2.45, 2.75) is 31.8 Å². The third-order valence-electron chi connectivity index (χ3n) is 5.10. The lowest BCUT2D eigenvalue weighted by atomic mass is 9.87. The lowest BCUT2D eigenvalue weighted by molar-refractivity contribution is 0.0717. The summed E-state index contributed by atoms with van der Waals surface area (Å²) in [7, 11) is 4.36. The minimum Gasteiger partial charge on any atom is -0.464 e. The molecular weight excluding hydrogens is 288 g/mol. The number of hydrogen-bond acceptors (Lipinski definition) is 4. The summed E-state index contributed by atoms with van der Waals surface area (Å²) >= 11 is 0. The van der Waals surface area contributed by atoms with Gasteiger partial charge in [-0.1, -0.05) is 6.07 Å². The van der Waals surface area contributed by atoms with Gasteiger partial charge in [-0.05, 0) is 69.6 Å². The van der Waals surface area contributed by atoms with Crippen LogP contribution in [0, 0.1) is 5.92 Å².